The fraction of sp³-hybridized carbons (Fsp3) is 0.250. The SMILES string of the molecule is Cc1nccc(-c2ccc(CCNC(=O)C3Cc4cc5c(cc4CN3C(=O)c3cn(C)nn3)OC(c3ccc(OCc4ccc(Cl)c(Cl)c4)cc3)CO5)cc2)c1C. The summed E-state index contributed by atoms with van der Waals surface area (Å²) >= 11 is 12.2. The lowest BCUT2D eigenvalue weighted by molar-refractivity contribution is -0.126. The van der Waals surface area contributed by atoms with Crippen molar-refractivity contribution in [3.8, 4) is 28.4 Å². The van der Waals surface area contributed by atoms with Gasteiger partial charge in [-0.2, -0.15) is 0 Å². The van der Waals surface area contributed by atoms with Crippen LogP contribution in [0.15, 0.2) is 97.3 Å². The monoisotopic (exact) mass is 802 g/mol. The highest BCUT2D eigenvalue weighted by Crippen LogP contribution is 2.41. The van der Waals surface area contributed by atoms with Gasteiger partial charge in [0, 0.05) is 38.4 Å². The molecule has 2 amide bonds. The molecule has 13 heteroatoms. The van der Waals surface area contributed by atoms with Crippen molar-refractivity contribution in [3.63, 3.8) is 0 Å². The Kier molecular flexibility index (Phi) is 10.9. The van der Waals surface area contributed by atoms with Crippen LogP contribution >= 0.6 is 23.2 Å². The lowest BCUT2D eigenvalue weighted by Crippen LogP contribution is -2.53. The van der Waals surface area contributed by atoms with Gasteiger partial charge in [-0.05, 0) is 107 Å². The van der Waals surface area contributed by atoms with Gasteiger partial charge in [-0.1, -0.05) is 70.9 Å². The summed E-state index contributed by atoms with van der Waals surface area (Å²) in [4.78, 5) is 33.7. The maximum atomic E-state index is 13.9. The molecular weight excluding hydrogens is 763 g/mol. The van der Waals surface area contributed by atoms with Crippen molar-refractivity contribution in [2.24, 2.45) is 7.05 Å². The van der Waals surface area contributed by atoms with E-state index in [-0.39, 0.29) is 30.2 Å². The van der Waals surface area contributed by atoms with Crippen LogP contribution < -0.4 is 19.5 Å². The van der Waals surface area contributed by atoms with E-state index in [9.17, 15) is 9.59 Å². The average Bonchev–Trinajstić information content (AvgIpc) is 3.67. The maximum Gasteiger partial charge on any atom is 0.277 e. The first-order chi connectivity index (χ1) is 27.6. The number of halogens is 2. The Bertz CT molecular complexity index is 2450. The van der Waals surface area contributed by atoms with Crippen molar-refractivity contribution in [1.29, 1.82) is 0 Å². The molecule has 4 aromatic carbocycles. The van der Waals surface area contributed by atoms with Crippen molar-refractivity contribution < 1.29 is 23.8 Å². The Morgan fingerprint density at radius 2 is 1.68 bits per heavy atom. The summed E-state index contributed by atoms with van der Waals surface area (Å²) in [6, 6.07) is 26.6. The van der Waals surface area contributed by atoms with Crippen LogP contribution in [-0.2, 0) is 37.8 Å². The minimum absolute atomic E-state index is 0.167. The van der Waals surface area contributed by atoms with Gasteiger partial charge >= 0.3 is 0 Å². The number of amides is 2. The fourth-order valence-corrected chi connectivity index (χ4v) is 7.50. The standard InChI is InChI=1S/C44H40Cl2N6O5/c1-26-27(2)47-17-15-35(26)30-7-4-28(5-8-30)14-16-48-43(53)39-19-32-20-40-41(21-33(32)22-52(39)44(54)38-23-51(3)50-49-38)57-42(25-56-40)31-9-11-34(12-10-31)55-24-29-6-13-36(45)37(46)18-29/h4-13,15,17-18,20-21,23,39,42H,14,16,19,22,24-25H2,1-3H3,(H,48,53). The van der Waals surface area contributed by atoms with E-state index in [0.717, 1.165) is 50.2 Å². The Hall–Kier alpha value is -5.91. The molecule has 2 atom stereocenters. The first kappa shape index (κ1) is 38.0. The lowest BCUT2D eigenvalue weighted by Gasteiger charge is -2.37. The Balaban J connectivity index is 0.940. The van der Waals surface area contributed by atoms with Crippen LogP contribution in [0.25, 0.3) is 11.1 Å². The van der Waals surface area contributed by atoms with Gasteiger partial charge < -0.3 is 24.4 Å². The van der Waals surface area contributed by atoms with Crippen LogP contribution in [0.4, 0.5) is 0 Å². The van der Waals surface area contributed by atoms with Gasteiger partial charge in [-0.15, -0.1) is 5.10 Å². The van der Waals surface area contributed by atoms with Crippen molar-refractivity contribution >= 4 is 35.0 Å². The number of hydrogen-bond donors (Lipinski definition) is 1. The number of carbonyl (C=O) groups is 2. The minimum atomic E-state index is -0.764. The van der Waals surface area contributed by atoms with Gasteiger partial charge in [0.15, 0.2) is 23.3 Å². The Morgan fingerprint density at radius 3 is 2.44 bits per heavy atom. The topological polar surface area (TPSA) is 121 Å². The number of carbonyl (C=O) groups excluding carboxylic acids is 2. The molecule has 2 aliphatic heterocycles. The molecular formula is C44H40Cl2N6O5. The number of pyridine rings is 1. The number of rotatable bonds is 10. The largest absolute Gasteiger partial charge is 0.489 e. The molecule has 0 fully saturated rings. The molecule has 1 N–H and O–H groups in total. The van der Waals surface area contributed by atoms with Gasteiger partial charge in [-0.25, -0.2) is 0 Å². The van der Waals surface area contributed by atoms with Gasteiger partial charge in [0.2, 0.25) is 5.91 Å². The normalized spacial score (nSPS) is 15.8. The summed E-state index contributed by atoms with van der Waals surface area (Å²) in [6.45, 7) is 5.34. The molecule has 11 nitrogen and oxygen atoms in total. The number of aryl methyl sites for hydroxylation is 2. The van der Waals surface area contributed by atoms with Crippen molar-refractivity contribution in [1.82, 2.24) is 30.2 Å². The molecule has 0 radical (unpaired) electrons. The number of benzene rings is 4. The predicted molar refractivity (Wildman–Crippen MR) is 217 cm³/mol. The molecule has 2 aliphatic rings. The van der Waals surface area contributed by atoms with E-state index < -0.39 is 6.04 Å². The number of ether oxygens (including phenoxy) is 3. The molecule has 4 heterocycles. The molecule has 0 bridgehead atoms. The number of nitrogens with zero attached hydrogens (tertiary/aromatic N) is 5. The van der Waals surface area contributed by atoms with Crippen LogP contribution in [0.2, 0.25) is 10.0 Å². The second kappa shape index (κ2) is 16.3. The molecule has 6 aromatic rings. The molecule has 290 valence electrons. The lowest BCUT2D eigenvalue weighted by atomic mass is 9.92. The van der Waals surface area contributed by atoms with Gasteiger partial charge in [0.25, 0.3) is 5.91 Å². The van der Waals surface area contributed by atoms with E-state index in [1.54, 1.807) is 30.3 Å². The third-order valence-electron chi connectivity index (χ3n) is 10.5. The zero-order chi connectivity index (χ0) is 39.6. The van der Waals surface area contributed by atoms with Crippen molar-refractivity contribution in [2.75, 3.05) is 13.2 Å². The van der Waals surface area contributed by atoms with Crippen LogP contribution in [-0.4, -0.2) is 55.9 Å². The summed E-state index contributed by atoms with van der Waals surface area (Å²) in [6.07, 6.45) is 3.96. The van der Waals surface area contributed by atoms with Crippen molar-refractivity contribution in [2.45, 2.75) is 52.0 Å². The number of hydrogen-bond acceptors (Lipinski definition) is 8. The second-order valence-electron chi connectivity index (χ2n) is 14.3. The van der Waals surface area contributed by atoms with E-state index in [2.05, 4.69) is 51.8 Å². The molecule has 2 aromatic heterocycles. The van der Waals surface area contributed by atoms with Gasteiger partial charge in [0.05, 0.1) is 16.2 Å². The summed E-state index contributed by atoms with van der Waals surface area (Å²) in [5.74, 6) is 1.25. The Morgan fingerprint density at radius 1 is 0.912 bits per heavy atom. The third kappa shape index (κ3) is 8.31. The van der Waals surface area contributed by atoms with E-state index in [1.165, 1.54) is 4.68 Å². The second-order valence-corrected chi connectivity index (χ2v) is 15.1. The maximum absolute atomic E-state index is 13.9. The quantitative estimate of drug-likeness (QED) is 0.149. The first-order valence-electron chi connectivity index (χ1n) is 18.7. The van der Waals surface area contributed by atoms with Gasteiger partial charge in [-0.3, -0.25) is 19.3 Å². The van der Waals surface area contributed by atoms with Crippen LogP contribution in [0.3, 0.4) is 0 Å². The number of nitrogens with one attached hydrogen (secondary N) is 1. The molecule has 57 heavy (non-hydrogen) atoms. The number of aromatic nitrogens is 4. The predicted octanol–water partition coefficient (Wildman–Crippen LogP) is 7.82. The Labute approximate surface area is 340 Å². The number of fused-ring (bicyclic) bond motifs is 2. The zero-order valence-corrected chi connectivity index (χ0v) is 33.2. The van der Waals surface area contributed by atoms with E-state index in [1.807, 2.05) is 61.7 Å². The summed E-state index contributed by atoms with van der Waals surface area (Å²) in [5, 5.41) is 12.1. The first-order valence-corrected chi connectivity index (χ1v) is 19.4. The van der Waals surface area contributed by atoms with Crippen LogP contribution in [0.1, 0.15) is 55.7 Å². The highest BCUT2D eigenvalue weighted by Gasteiger charge is 2.37. The molecule has 8 rings (SSSR count). The summed E-state index contributed by atoms with van der Waals surface area (Å²) in [7, 11) is 1.70. The fourth-order valence-electron chi connectivity index (χ4n) is 7.18. The average molecular weight is 804 g/mol. The molecule has 0 saturated heterocycles. The molecule has 0 spiro atoms. The van der Waals surface area contributed by atoms with Gasteiger partial charge in [0.1, 0.15) is 25.0 Å². The third-order valence-corrected chi connectivity index (χ3v) is 11.3. The van der Waals surface area contributed by atoms with Crippen LogP contribution in [0, 0.1) is 13.8 Å². The highest BCUT2D eigenvalue weighted by molar-refractivity contribution is 6.42. The van der Waals surface area contributed by atoms with E-state index >= 15 is 0 Å². The smallest absolute Gasteiger partial charge is 0.277 e. The van der Waals surface area contributed by atoms with Crippen LogP contribution in [0.5, 0.6) is 17.2 Å². The van der Waals surface area contributed by atoms with E-state index in [4.69, 9.17) is 37.4 Å². The zero-order valence-electron chi connectivity index (χ0n) is 31.7. The minimum Gasteiger partial charge on any atom is -0.489 e. The highest BCUT2D eigenvalue weighted by atomic mass is 35.5. The molecule has 0 aliphatic carbocycles. The summed E-state index contributed by atoms with van der Waals surface area (Å²) in [5.41, 5.74) is 9.31. The molecule has 0 saturated carbocycles. The van der Waals surface area contributed by atoms with E-state index in [0.29, 0.717) is 59.9 Å². The molecule has 2 unspecified atom stereocenters. The summed E-state index contributed by atoms with van der Waals surface area (Å²) < 4.78 is 20.1. The van der Waals surface area contributed by atoms with Crippen molar-refractivity contribution in [3.05, 3.63) is 152 Å².